The number of rotatable bonds is 6. The SMILES string of the molecule is N#CCCCCNc1ccc(-c2ccccc2)cc1. The van der Waals surface area contributed by atoms with Gasteiger partial charge in [0.05, 0.1) is 6.07 Å². The Bertz CT molecular complexity index is 523. The van der Waals surface area contributed by atoms with Crippen molar-refractivity contribution in [2.45, 2.75) is 19.3 Å². The zero-order valence-electron chi connectivity index (χ0n) is 11.0. The molecule has 0 fully saturated rings. The van der Waals surface area contributed by atoms with Crippen molar-refractivity contribution in [3.05, 3.63) is 54.6 Å². The zero-order chi connectivity index (χ0) is 13.3. The Morgan fingerprint density at radius 2 is 1.53 bits per heavy atom. The molecule has 96 valence electrons. The molecule has 0 heterocycles. The predicted octanol–water partition coefficient (Wildman–Crippen LogP) is 4.46. The fourth-order valence-electron chi connectivity index (χ4n) is 1.97. The highest BCUT2D eigenvalue weighted by molar-refractivity contribution is 5.65. The number of hydrogen-bond acceptors (Lipinski definition) is 2. The molecule has 2 aromatic carbocycles. The van der Waals surface area contributed by atoms with E-state index in [1.165, 1.54) is 11.1 Å². The topological polar surface area (TPSA) is 35.8 Å². The van der Waals surface area contributed by atoms with Crippen LogP contribution >= 0.6 is 0 Å². The van der Waals surface area contributed by atoms with Crippen LogP contribution in [0.15, 0.2) is 54.6 Å². The zero-order valence-corrected chi connectivity index (χ0v) is 11.0. The molecule has 0 aliphatic carbocycles. The van der Waals surface area contributed by atoms with Gasteiger partial charge in [-0.2, -0.15) is 5.26 Å². The minimum Gasteiger partial charge on any atom is -0.385 e. The quantitative estimate of drug-likeness (QED) is 0.768. The summed E-state index contributed by atoms with van der Waals surface area (Å²) in [6.45, 7) is 0.923. The standard InChI is InChI=1S/C17H18N2/c18-13-5-2-6-14-19-17-11-9-16(10-12-17)15-7-3-1-4-8-15/h1,3-4,7-12,19H,2,5-6,14H2. The number of anilines is 1. The fraction of sp³-hybridized carbons (Fsp3) is 0.235. The smallest absolute Gasteiger partial charge is 0.0621 e. The lowest BCUT2D eigenvalue weighted by Gasteiger charge is -2.07. The molecule has 1 N–H and O–H groups in total. The highest BCUT2D eigenvalue weighted by atomic mass is 14.9. The van der Waals surface area contributed by atoms with Crippen LogP contribution in [-0.2, 0) is 0 Å². The van der Waals surface area contributed by atoms with Crippen LogP contribution in [-0.4, -0.2) is 6.54 Å². The summed E-state index contributed by atoms with van der Waals surface area (Å²) in [5.41, 5.74) is 3.61. The molecule has 0 atom stereocenters. The van der Waals surface area contributed by atoms with Crippen LogP contribution in [0.2, 0.25) is 0 Å². The minimum atomic E-state index is 0.647. The molecule has 0 unspecified atom stereocenters. The Balaban J connectivity index is 1.87. The maximum Gasteiger partial charge on any atom is 0.0621 e. The third kappa shape index (κ3) is 4.15. The van der Waals surface area contributed by atoms with Gasteiger partial charge in [0.15, 0.2) is 0 Å². The first kappa shape index (κ1) is 13.2. The molecule has 2 heteroatoms. The number of nitriles is 1. The van der Waals surface area contributed by atoms with E-state index in [0.29, 0.717) is 6.42 Å². The molecule has 2 nitrogen and oxygen atoms in total. The minimum absolute atomic E-state index is 0.647. The van der Waals surface area contributed by atoms with Crippen molar-refractivity contribution in [1.29, 1.82) is 5.26 Å². The summed E-state index contributed by atoms with van der Waals surface area (Å²) in [5, 5.41) is 11.8. The van der Waals surface area contributed by atoms with Crippen LogP contribution in [0.5, 0.6) is 0 Å². The van der Waals surface area contributed by atoms with Crippen LogP contribution in [0.1, 0.15) is 19.3 Å². The van der Waals surface area contributed by atoms with Crippen molar-refractivity contribution in [2.75, 3.05) is 11.9 Å². The lowest BCUT2D eigenvalue weighted by Crippen LogP contribution is -2.00. The van der Waals surface area contributed by atoms with Crippen molar-refractivity contribution in [1.82, 2.24) is 0 Å². The summed E-state index contributed by atoms with van der Waals surface area (Å²) in [7, 11) is 0. The van der Waals surface area contributed by atoms with E-state index in [4.69, 9.17) is 5.26 Å². The van der Waals surface area contributed by atoms with Crippen LogP contribution in [0, 0.1) is 11.3 Å². The molecule has 19 heavy (non-hydrogen) atoms. The Kier molecular flexibility index (Phi) is 5.01. The Hall–Kier alpha value is -2.27. The first-order valence-electron chi connectivity index (χ1n) is 6.66. The van der Waals surface area contributed by atoms with Gasteiger partial charge in [0.1, 0.15) is 0 Å². The Morgan fingerprint density at radius 3 is 2.21 bits per heavy atom. The summed E-state index contributed by atoms with van der Waals surface area (Å²) in [4.78, 5) is 0. The highest BCUT2D eigenvalue weighted by Crippen LogP contribution is 2.20. The second-order valence-corrected chi connectivity index (χ2v) is 4.49. The third-order valence-electron chi connectivity index (χ3n) is 3.04. The van der Waals surface area contributed by atoms with Gasteiger partial charge < -0.3 is 5.32 Å². The van der Waals surface area contributed by atoms with Crippen LogP contribution in [0.25, 0.3) is 11.1 Å². The molecule has 2 rings (SSSR count). The van der Waals surface area contributed by atoms with E-state index in [0.717, 1.165) is 25.1 Å². The van der Waals surface area contributed by atoms with Crippen LogP contribution < -0.4 is 5.32 Å². The van der Waals surface area contributed by atoms with Crippen molar-refractivity contribution in [2.24, 2.45) is 0 Å². The van der Waals surface area contributed by atoms with Gasteiger partial charge in [0.2, 0.25) is 0 Å². The van der Waals surface area contributed by atoms with Crippen LogP contribution in [0.3, 0.4) is 0 Å². The fourth-order valence-corrected chi connectivity index (χ4v) is 1.97. The number of hydrogen-bond donors (Lipinski definition) is 1. The summed E-state index contributed by atoms with van der Waals surface area (Å²) in [6.07, 6.45) is 2.65. The molecule has 2 aromatic rings. The number of unbranched alkanes of at least 4 members (excludes halogenated alkanes) is 2. The summed E-state index contributed by atoms with van der Waals surface area (Å²) in [5.74, 6) is 0. The van der Waals surface area contributed by atoms with E-state index in [1.807, 2.05) is 6.07 Å². The van der Waals surface area contributed by atoms with Crippen molar-refractivity contribution in [3.63, 3.8) is 0 Å². The molecule has 0 saturated carbocycles. The highest BCUT2D eigenvalue weighted by Gasteiger charge is 1.97. The monoisotopic (exact) mass is 250 g/mol. The molecule has 0 aromatic heterocycles. The van der Waals surface area contributed by atoms with Gasteiger partial charge in [-0.1, -0.05) is 42.5 Å². The summed E-state index contributed by atoms with van der Waals surface area (Å²) in [6, 6.07) is 21.0. The second kappa shape index (κ2) is 7.23. The first-order chi connectivity index (χ1) is 9.40. The van der Waals surface area contributed by atoms with Gasteiger partial charge in [-0.15, -0.1) is 0 Å². The number of nitrogens with zero attached hydrogens (tertiary/aromatic N) is 1. The normalized spacial score (nSPS) is 9.84. The average Bonchev–Trinajstić information content (AvgIpc) is 2.49. The molecule has 0 aliphatic heterocycles. The summed E-state index contributed by atoms with van der Waals surface area (Å²) < 4.78 is 0. The third-order valence-corrected chi connectivity index (χ3v) is 3.04. The van der Waals surface area contributed by atoms with Gasteiger partial charge >= 0.3 is 0 Å². The molecule has 0 bridgehead atoms. The average molecular weight is 250 g/mol. The molecule has 0 radical (unpaired) electrons. The van der Waals surface area contributed by atoms with Gasteiger partial charge in [-0.25, -0.2) is 0 Å². The maximum atomic E-state index is 8.45. The number of nitrogens with one attached hydrogen (secondary N) is 1. The van der Waals surface area contributed by atoms with Gasteiger partial charge in [0.25, 0.3) is 0 Å². The van der Waals surface area contributed by atoms with E-state index in [-0.39, 0.29) is 0 Å². The first-order valence-corrected chi connectivity index (χ1v) is 6.66. The van der Waals surface area contributed by atoms with E-state index < -0.39 is 0 Å². The van der Waals surface area contributed by atoms with Crippen molar-refractivity contribution < 1.29 is 0 Å². The van der Waals surface area contributed by atoms with E-state index >= 15 is 0 Å². The Labute approximate surface area is 114 Å². The lowest BCUT2D eigenvalue weighted by atomic mass is 10.1. The molecular weight excluding hydrogens is 232 g/mol. The lowest BCUT2D eigenvalue weighted by molar-refractivity contribution is 0.785. The van der Waals surface area contributed by atoms with Crippen LogP contribution in [0.4, 0.5) is 5.69 Å². The number of benzene rings is 2. The van der Waals surface area contributed by atoms with E-state index in [1.54, 1.807) is 0 Å². The van der Waals surface area contributed by atoms with Gasteiger partial charge in [0, 0.05) is 18.7 Å². The van der Waals surface area contributed by atoms with E-state index in [2.05, 4.69) is 59.9 Å². The molecule has 0 aliphatic rings. The van der Waals surface area contributed by atoms with E-state index in [9.17, 15) is 0 Å². The molecular formula is C17H18N2. The predicted molar refractivity (Wildman–Crippen MR) is 79.8 cm³/mol. The summed E-state index contributed by atoms with van der Waals surface area (Å²) >= 11 is 0. The van der Waals surface area contributed by atoms with Crippen molar-refractivity contribution >= 4 is 5.69 Å². The van der Waals surface area contributed by atoms with Gasteiger partial charge in [-0.05, 0) is 36.1 Å². The van der Waals surface area contributed by atoms with Gasteiger partial charge in [-0.3, -0.25) is 0 Å². The van der Waals surface area contributed by atoms with Crippen molar-refractivity contribution in [3.8, 4) is 17.2 Å². The molecule has 0 saturated heterocycles. The maximum absolute atomic E-state index is 8.45. The molecule has 0 amide bonds. The second-order valence-electron chi connectivity index (χ2n) is 4.49. The Morgan fingerprint density at radius 1 is 0.842 bits per heavy atom. The largest absolute Gasteiger partial charge is 0.385 e. The molecule has 0 spiro atoms.